The maximum absolute atomic E-state index is 14.5. The van der Waals surface area contributed by atoms with Crippen LogP contribution in [0, 0.1) is 17.7 Å². The molecule has 0 saturated carbocycles. The summed E-state index contributed by atoms with van der Waals surface area (Å²) >= 11 is 6.26. The standard InChI is InChI=1S/C26H20ClFO2S/c1-26(2)16-23(25-20(27)8-6-9-21(25)28)30-22-15-17(12-14-19(22)26)11-13-18-7-4-5-10-24(18)31(3)29/h4-10,12,14-16H,1-3H3. The molecule has 0 amide bonds. The summed E-state index contributed by atoms with van der Waals surface area (Å²) in [5.41, 5.74) is 2.31. The summed E-state index contributed by atoms with van der Waals surface area (Å²) < 4.78 is 32.5. The van der Waals surface area contributed by atoms with Gasteiger partial charge >= 0.3 is 0 Å². The fourth-order valence-electron chi connectivity index (χ4n) is 3.59. The second kappa shape index (κ2) is 8.34. The van der Waals surface area contributed by atoms with Gasteiger partial charge in [-0.25, -0.2) is 4.39 Å². The molecular formula is C26H20ClFO2S. The second-order valence-corrected chi connectivity index (χ2v) is 9.60. The summed E-state index contributed by atoms with van der Waals surface area (Å²) in [6, 6.07) is 17.7. The van der Waals surface area contributed by atoms with Crippen molar-refractivity contribution in [3.05, 3.63) is 99.8 Å². The molecule has 0 bridgehead atoms. The number of allylic oxidation sites excluding steroid dienone is 1. The lowest BCUT2D eigenvalue weighted by Crippen LogP contribution is -2.21. The molecule has 2 nitrogen and oxygen atoms in total. The Labute approximate surface area is 189 Å². The van der Waals surface area contributed by atoms with Crippen LogP contribution in [0.4, 0.5) is 4.39 Å². The highest BCUT2D eigenvalue weighted by molar-refractivity contribution is 7.84. The SMILES string of the molecule is CS(=O)c1ccccc1C#Cc1ccc2c(c1)OC(c1c(F)cccc1Cl)=CC2(C)C. The lowest BCUT2D eigenvalue weighted by molar-refractivity contribution is 0.456. The van der Waals surface area contributed by atoms with Crippen molar-refractivity contribution in [3.8, 4) is 17.6 Å². The Hall–Kier alpha value is -2.87. The van der Waals surface area contributed by atoms with E-state index in [0.717, 1.165) is 16.7 Å². The van der Waals surface area contributed by atoms with Gasteiger partial charge in [0, 0.05) is 28.4 Å². The largest absolute Gasteiger partial charge is 0.457 e. The first-order valence-corrected chi connectivity index (χ1v) is 11.6. The number of halogens is 2. The average Bonchev–Trinajstić information content (AvgIpc) is 2.71. The van der Waals surface area contributed by atoms with Gasteiger partial charge in [-0.1, -0.05) is 61.6 Å². The van der Waals surface area contributed by atoms with Crippen LogP contribution in [0.25, 0.3) is 5.76 Å². The van der Waals surface area contributed by atoms with Crippen LogP contribution in [0.1, 0.15) is 36.1 Å². The monoisotopic (exact) mass is 450 g/mol. The Balaban J connectivity index is 1.74. The van der Waals surface area contributed by atoms with Gasteiger partial charge in [0.05, 0.1) is 26.3 Å². The van der Waals surface area contributed by atoms with Gasteiger partial charge in [-0.15, -0.1) is 0 Å². The van der Waals surface area contributed by atoms with E-state index in [4.69, 9.17) is 16.3 Å². The third-order valence-electron chi connectivity index (χ3n) is 5.14. The Kier molecular flexibility index (Phi) is 5.75. The molecule has 4 rings (SSSR count). The summed E-state index contributed by atoms with van der Waals surface area (Å²) in [5, 5.41) is 0.297. The maximum Gasteiger partial charge on any atom is 0.136 e. The predicted octanol–water partition coefficient (Wildman–Crippen LogP) is 6.33. The molecule has 156 valence electrons. The molecule has 5 heteroatoms. The number of benzene rings is 3. The maximum atomic E-state index is 14.5. The van der Waals surface area contributed by atoms with Gasteiger partial charge in [-0.2, -0.15) is 0 Å². The molecule has 0 aromatic heterocycles. The summed E-state index contributed by atoms with van der Waals surface area (Å²) in [6.07, 6.45) is 3.52. The number of ether oxygens (including phenoxy) is 1. The van der Waals surface area contributed by atoms with Crippen molar-refractivity contribution in [1.29, 1.82) is 0 Å². The van der Waals surface area contributed by atoms with Gasteiger partial charge < -0.3 is 4.74 Å². The Bertz CT molecular complexity index is 1280. The van der Waals surface area contributed by atoms with Crippen LogP contribution in [-0.2, 0) is 16.2 Å². The number of hydrogen-bond acceptors (Lipinski definition) is 2. The van der Waals surface area contributed by atoms with E-state index in [0.29, 0.717) is 21.4 Å². The first kappa shape index (κ1) is 21.4. The Morgan fingerprint density at radius 3 is 2.55 bits per heavy atom. The first-order chi connectivity index (χ1) is 14.8. The van der Waals surface area contributed by atoms with Gasteiger partial charge in [0.1, 0.15) is 17.3 Å². The van der Waals surface area contributed by atoms with Crippen molar-refractivity contribution < 1.29 is 13.3 Å². The molecule has 0 aliphatic carbocycles. The highest BCUT2D eigenvalue weighted by atomic mass is 35.5. The van der Waals surface area contributed by atoms with Crippen LogP contribution in [0.2, 0.25) is 5.02 Å². The van der Waals surface area contributed by atoms with Crippen molar-refractivity contribution in [2.45, 2.75) is 24.2 Å². The highest BCUT2D eigenvalue weighted by Gasteiger charge is 2.30. The minimum Gasteiger partial charge on any atom is -0.457 e. The summed E-state index contributed by atoms with van der Waals surface area (Å²) in [6.45, 7) is 4.09. The molecular weight excluding hydrogens is 431 g/mol. The molecule has 1 atom stereocenters. The van der Waals surface area contributed by atoms with E-state index in [-0.39, 0.29) is 11.0 Å². The lowest BCUT2D eigenvalue weighted by Gasteiger charge is -2.31. The van der Waals surface area contributed by atoms with Crippen molar-refractivity contribution in [2.75, 3.05) is 6.26 Å². The molecule has 1 aliphatic rings. The molecule has 0 fully saturated rings. The van der Waals surface area contributed by atoms with E-state index < -0.39 is 16.6 Å². The van der Waals surface area contributed by atoms with Crippen LogP contribution in [0.5, 0.6) is 5.75 Å². The topological polar surface area (TPSA) is 26.3 Å². The van der Waals surface area contributed by atoms with Crippen molar-refractivity contribution in [2.24, 2.45) is 0 Å². The van der Waals surface area contributed by atoms with Crippen LogP contribution in [-0.4, -0.2) is 10.5 Å². The fraction of sp³-hybridized carbons (Fsp3) is 0.154. The summed E-state index contributed by atoms with van der Waals surface area (Å²) in [4.78, 5) is 0.699. The molecule has 0 N–H and O–H groups in total. The van der Waals surface area contributed by atoms with Gasteiger partial charge in [0.25, 0.3) is 0 Å². The Morgan fingerprint density at radius 2 is 1.81 bits per heavy atom. The van der Waals surface area contributed by atoms with E-state index in [9.17, 15) is 8.60 Å². The van der Waals surface area contributed by atoms with E-state index in [2.05, 4.69) is 11.8 Å². The van der Waals surface area contributed by atoms with Crippen LogP contribution >= 0.6 is 11.6 Å². The predicted molar refractivity (Wildman–Crippen MR) is 124 cm³/mol. The fourth-order valence-corrected chi connectivity index (χ4v) is 4.54. The molecule has 0 spiro atoms. The van der Waals surface area contributed by atoms with Gasteiger partial charge in [0.2, 0.25) is 0 Å². The number of hydrogen-bond donors (Lipinski definition) is 0. The normalized spacial score (nSPS) is 15.1. The van der Waals surface area contributed by atoms with E-state index in [1.807, 2.05) is 62.4 Å². The average molecular weight is 451 g/mol. The smallest absolute Gasteiger partial charge is 0.136 e. The van der Waals surface area contributed by atoms with Gasteiger partial charge in [-0.3, -0.25) is 4.21 Å². The third kappa shape index (κ3) is 4.30. The van der Waals surface area contributed by atoms with E-state index in [1.54, 1.807) is 18.4 Å². The summed E-state index contributed by atoms with van der Waals surface area (Å²) in [7, 11) is -1.12. The molecule has 31 heavy (non-hydrogen) atoms. The molecule has 3 aromatic carbocycles. The van der Waals surface area contributed by atoms with Gasteiger partial charge in [-0.05, 0) is 42.5 Å². The first-order valence-electron chi connectivity index (χ1n) is 9.70. The van der Waals surface area contributed by atoms with Crippen molar-refractivity contribution in [3.63, 3.8) is 0 Å². The lowest BCUT2D eigenvalue weighted by atomic mass is 9.81. The quantitative estimate of drug-likeness (QED) is 0.426. The molecule has 1 unspecified atom stereocenters. The van der Waals surface area contributed by atoms with E-state index >= 15 is 0 Å². The zero-order chi connectivity index (χ0) is 22.2. The third-order valence-corrected chi connectivity index (χ3v) is 6.43. The minimum atomic E-state index is -1.12. The zero-order valence-corrected chi connectivity index (χ0v) is 18.9. The summed E-state index contributed by atoms with van der Waals surface area (Å²) in [5.74, 6) is 6.80. The van der Waals surface area contributed by atoms with Crippen LogP contribution in [0.15, 0.2) is 71.6 Å². The number of rotatable bonds is 2. The molecule has 1 heterocycles. The molecule has 0 radical (unpaired) electrons. The zero-order valence-electron chi connectivity index (χ0n) is 17.3. The van der Waals surface area contributed by atoms with Crippen LogP contribution in [0.3, 0.4) is 0 Å². The molecule has 1 aliphatic heterocycles. The second-order valence-electron chi connectivity index (χ2n) is 7.84. The molecule has 3 aromatic rings. The minimum absolute atomic E-state index is 0.249. The Morgan fingerprint density at radius 1 is 1.03 bits per heavy atom. The van der Waals surface area contributed by atoms with Crippen molar-refractivity contribution in [1.82, 2.24) is 0 Å². The van der Waals surface area contributed by atoms with Gasteiger partial charge in [0.15, 0.2) is 0 Å². The van der Waals surface area contributed by atoms with Crippen molar-refractivity contribution >= 4 is 28.2 Å². The molecule has 0 saturated heterocycles. The highest BCUT2D eigenvalue weighted by Crippen LogP contribution is 2.43. The number of fused-ring (bicyclic) bond motifs is 1. The van der Waals surface area contributed by atoms with Crippen LogP contribution < -0.4 is 4.74 Å². The van der Waals surface area contributed by atoms with E-state index in [1.165, 1.54) is 6.07 Å².